The smallest absolute Gasteiger partial charge is 0.224 e. The monoisotopic (exact) mass is 328 g/mol. The van der Waals surface area contributed by atoms with Gasteiger partial charge in [0.2, 0.25) is 5.91 Å². The highest BCUT2D eigenvalue weighted by Gasteiger charge is 2.47. The van der Waals surface area contributed by atoms with Gasteiger partial charge in [-0.05, 0) is 55.8 Å². The lowest BCUT2D eigenvalue weighted by Gasteiger charge is -2.23. The van der Waals surface area contributed by atoms with Crippen LogP contribution < -0.4 is 11.1 Å². The highest BCUT2D eigenvalue weighted by molar-refractivity contribution is 6.30. The van der Waals surface area contributed by atoms with Crippen molar-refractivity contribution in [3.05, 3.63) is 34.9 Å². The second kappa shape index (κ2) is 6.55. The van der Waals surface area contributed by atoms with Gasteiger partial charge in [-0.15, -0.1) is 12.4 Å². The summed E-state index contributed by atoms with van der Waals surface area (Å²) in [5, 5.41) is 4.00. The van der Waals surface area contributed by atoms with Crippen LogP contribution in [0.3, 0.4) is 0 Å². The first-order chi connectivity index (χ1) is 9.64. The molecule has 2 fully saturated rings. The molecule has 116 valence electrons. The molecule has 3 rings (SSSR count). The number of amides is 1. The SMILES string of the molecule is Cl.NC[C@H]1CCC[C@H]1C(=O)NC1(c2ccc(Cl)cc2)CC1. The normalized spacial score (nSPS) is 26.0. The van der Waals surface area contributed by atoms with E-state index in [-0.39, 0.29) is 29.8 Å². The van der Waals surface area contributed by atoms with E-state index in [1.54, 1.807) is 0 Å². The summed E-state index contributed by atoms with van der Waals surface area (Å²) in [5.74, 6) is 0.645. The minimum Gasteiger partial charge on any atom is -0.346 e. The van der Waals surface area contributed by atoms with Crippen LogP contribution in [0.5, 0.6) is 0 Å². The number of hydrogen-bond acceptors (Lipinski definition) is 2. The highest BCUT2D eigenvalue weighted by Crippen LogP contribution is 2.46. The number of carbonyl (C=O) groups excluding carboxylic acids is 1. The van der Waals surface area contributed by atoms with Crippen molar-refractivity contribution in [1.29, 1.82) is 0 Å². The summed E-state index contributed by atoms with van der Waals surface area (Å²) in [6.07, 6.45) is 5.21. The van der Waals surface area contributed by atoms with E-state index in [2.05, 4.69) is 5.32 Å². The fourth-order valence-electron chi connectivity index (χ4n) is 3.37. The first kappa shape index (κ1) is 16.6. The van der Waals surface area contributed by atoms with Crippen molar-refractivity contribution in [1.82, 2.24) is 5.32 Å². The number of hydrogen-bond donors (Lipinski definition) is 2. The summed E-state index contributed by atoms with van der Waals surface area (Å²) >= 11 is 5.93. The molecule has 3 N–H and O–H groups in total. The maximum atomic E-state index is 12.5. The molecule has 2 aliphatic rings. The van der Waals surface area contributed by atoms with Gasteiger partial charge in [-0.3, -0.25) is 4.79 Å². The van der Waals surface area contributed by atoms with Crippen LogP contribution in [0.25, 0.3) is 0 Å². The Kier molecular flexibility index (Phi) is 5.18. The molecular weight excluding hydrogens is 307 g/mol. The summed E-state index contributed by atoms with van der Waals surface area (Å²) in [5.41, 5.74) is 6.79. The molecular formula is C16H22Cl2N2O. The van der Waals surface area contributed by atoms with Crippen molar-refractivity contribution in [3.63, 3.8) is 0 Å². The van der Waals surface area contributed by atoms with Crippen LogP contribution in [-0.2, 0) is 10.3 Å². The zero-order valence-corrected chi connectivity index (χ0v) is 13.6. The number of rotatable bonds is 4. The van der Waals surface area contributed by atoms with Gasteiger partial charge in [0.25, 0.3) is 0 Å². The van der Waals surface area contributed by atoms with Gasteiger partial charge in [-0.2, -0.15) is 0 Å². The Morgan fingerprint density at radius 2 is 1.95 bits per heavy atom. The molecule has 0 unspecified atom stereocenters. The zero-order chi connectivity index (χ0) is 14.2. The quantitative estimate of drug-likeness (QED) is 0.891. The first-order valence-corrected chi connectivity index (χ1v) is 7.80. The molecule has 2 aliphatic carbocycles. The van der Waals surface area contributed by atoms with Crippen LogP contribution in [0, 0.1) is 11.8 Å². The van der Waals surface area contributed by atoms with Gasteiger partial charge in [0, 0.05) is 10.9 Å². The minimum absolute atomic E-state index is 0. The Morgan fingerprint density at radius 1 is 1.29 bits per heavy atom. The lowest BCUT2D eigenvalue weighted by Crippen LogP contribution is -2.41. The first-order valence-electron chi connectivity index (χ1n) is 7.43. The van der Waals surface area contributed by atoms with E-state index < -0.39 is 0 Å². The molecule has 1 aromatic rings. The minimum atomic E-state index is -0.149. The summed E-state index contributed by atoms with van der Waals surface area (Å²) in [4.78, 5) is 12.5. The molecule has 0 heterocycles. The van der Waals surface area contributed by atoms with E-state index in [4.69, 9.17) is 17.3 Å². The number of nitrogens with two attached hydrogens (primary N) is 1. The molecule has 5 heteroatoms. The summed E-state index contributed by atoms with van der Waals surface area (Å²) in [6.45, 7) is 0.617. The van der Waals surface area contributed by atoms with E-state index in [1.807, 2.05) is 24.3 Å². The maximum Gasteiger partial charge on any atom is 0.224 e. The molecule has 0 aliphatic heterocycles. The van der Waals surface area contributed by atoms with Gasteiger partial charge in [-0.25, -0.2) is 0 Å². The van der Waals surface area contributed by atoms with Crippen molar-refractivity contribution in [2.75, 3.05) is 6.54 Å². The molecule has 0 bridgehead atoms. The zero-order valence-electron chi connectivity index (χ0n) is 12.0. The largest absolute Gasteiger partial charge is 0.346 e. The number of benzene rings is 1. The van der Waals surface area contributed by atoms with Crippen LogP contribution >= 0.6 is 24.0 Å². The maximum absolute atomic E-state index is 12.5. The second-order valence-corrected chi connectivity index (χ2v) is 6.55. The third kappa shape index (κ3) is 3.36. The van der Waals surface area contributed by atoms with Crippen LogP contribution in [-0.4, -0.2) is 12.5 Å². The molecule has 21 heavy (non-hydrogen) atoms. The van der Waals surface area contributed by atoms with E-state index >= 15 is 0 Å². The van der Waals surface area contributed by atoms with Crippen molar-refractivity contribution in [2.24, 2.45) is 17.6 Å². The van der Waals surface area contributed by atoms with Crippen molar-refractivity contribution in [3.8, 4) is 0 Å². The Hall–Kier alpha value is -0.770. The summed E-state index contributed by atoms with van der Waals surface area (Å²) in [6, 6.07) is 7.82. The Bertz CT molecular complexity index is 500. The molecule has 1 aromatic carbocycles. The Morgan fingerprint density at radius 3 is 2.52 bits per heavy atom. The van der Waals surface area contributed by atoms with Crippen molar-refractivity contribution in [2.45, 2.75) is 37.6 Å². The van der Waals surface area contributed by atoms with E-state index in [1.165, 1.54) is 0 Å². The van der Waals surface area contributed by atoms with Gasteiger partial charge in [0.1, 0.15) is 0 Å². The van der Waals surface area contributed by atoms with Crippen LogP contribution in [0.1, 0.15) is 37.7 Å². The molecule has 2 atom stereocenters. The van der Waals surface area contributed by atoms with Gasteiger partial charge in [0.15, 0.2) is 0 Å². The van der Waals surface area contributed by atoms with Crippen LogP contribution in [0.15, 0.2) is 24.3 Å². The number of carbonyl (C=O) groups is 1. The van der Waals surface area contributed by atoms with Crippen molar-refractivity contribution < 1.29 is 4.79 Å². The van der Waals surface area contributed by atoms with Gasteiger partial charge in [0.05, 0.1) is 5.54 Å². The van der Waals surface area contributed by atoms with E-state index in [0.29, 0.717) is 12.5 Å². The lowest BCUT2D eigenvalue weighted by molar-refractivity contribution is -0.127. The number of halogens is 2. The molecule has 3 nitrogen and oxygen atoms in total. The molecule has 0 radical (unpaired) electrons. The average molecular weight is 329 g/mol. The molecule has 1 amide bonds. The third-order valence-electron chi connectivity index (χ3n) is 4.81. The van der Waals surface area contributed by atoms with Crippen LogP contribution in [0.4, 0.5) is 0 Å². The average Bonchev–Trinajstić information content (AvgIpc) is 3.05. The van der Waals surface area contributed by atoms with Gasteiger partial charge in [-0.1, -0.05) is 30.2 Å². The van der Waals surface area contributed by atoms with Crippen LogP contribution in [0.2, 0.25) is 5.02 Å². The predicted octanol–water partition coefficient (Wildman–Crippen LogP) is 3.24. The lowest BCUT2D eigenvalue weighted by atomic mass is 9.94. The van der Waals surface area contributed by atoms with E-state index in [0.717, 1.165) is 42.7 Å². The predicted molar refractivity (Wildman–Crippen MR) is 87.6 cm³/mol. The molecule has 0 aromatic heterocycles. The third-order valence-corrected chi connectivity index (χ3v) is 5.06. The Balaban J connectivity index is 0.00000161. The molecule has 0 saturated heterocycles. The Labute approximate surface area is 137 Å². The van der Waals surface area contributed by atoms with Gasteiger partial charge < -0.3 is 11.1 Å². The van der Waals surface area contributed by atoms with Crippen molar-refractivity contribution >= 4 is 29.9 Å². The van der Waals surface area contributed by atoms with Gasteiger partial charge >= 0.3 is 0 Å². The fourth-order valence-corrected chi connectivity index (χ4v) is 3.50. The number of nitrogens with one attached hydrogen (secondary N) is 1. The summed E-state index contributed by atoms with van der Waals surface area (Å²) < 4.78 is 0. The standard InChI is InChI=1S/C16H21ClN2O.ClH/c17-13-6-4-12(5-7-13)16(8-9-16)19-15(20)14-3-1-2-11(14)10-18;/h4-7,11,14H,1-3,8-10,18H2,(H,19,20);1H/t11-,14-;/m1./s1. The second-order valence-electron chi connectivity index (χ2n) is 6.11. The molecule has 0 spiro atoms. The topological polar surface area (TPSA) is 55.1 Å². The molecule has 2 saturated carbocycles. The fraction of sp³-hybridized carbons (Fsp3) is 0.562. The summed E-state index contributed by atoms with van der Waals surface area (Å²) in [7, 11) is 0. The van der Waals surface area contributed by atoms with E-state index in [9.17, 15) is 4.79 Å². The highest BCUT2D eigenvalue weighted by atomic mass is 35.5.